The van der Waals surface area contributed by atoms with Crippen molar-refractivity contribution in [1.29, 1.82) is 0 Å². The topological polar surface area (TPSA) is 17.0 Å². The zero-order valence-corrected chi connectivity index (χ0v) is 11.7. The zero-order valence-electron chi connectivity index (χ0n) is 11.7. The quantitative estimate of drug-likeness (QED) is 0.794. The van der Waals surface area contributed by atoms with Crippen LogP contribution in [0, 0.1) is 5.41 Å². The number of hydrogen-bond acceptors (Lipinski definition) is 1. The molecule has 0 aliphatic carbocycles. The van der Waals surface area contributed by atoms with Crippen LogP contribution in [0.4, 0.5) is 0 Å². The van der Waals surface area contributed by atoms with Gasteiger partial charge in [-0.1, -0.05) is 39.0 Å². The smallest absolute Gasteiger partial charge is 0.0480 e. The van der Waals surface area contributed by atoms with Gasteiger partial charge in [0, 0.05) is 24.8 Å². The zero-order chi connectivity index (χ0) is 13.0. The van der Waals surface area contributed by atoms with Crippen molar-refractivity contribution in [3.05, 3.63) is 36.5 Å². The van der Waals surface area contributed by atoms with Crippen molar-refractivity contribution in [3.8, 4) is 0 Å². The molecule has 2 heteroatoms. The number of nitrogens with zero attached hydrogens (tertiary/aromatic N) is 1. The van der Waals surface area contributed by atoms with E-state index >= 15 is 0 Å². The standard InChI is InChI=1S/C16H24N2/c1-16(2,3)9-10-17-11-13-18-12-8-14-6-4-5-7-15(14)18/h4-8,12,17H,9-11,13H2,1-3H3. The molecule has 18 heavy (non-hydrogen) atoms. The van der Waals surface area contributed by atoms with Crippen LogP contribution in [0.15, 0.2) is 36.5 Å². The fourth-order valence-corrected chi connectivity index (χ4v) is 2.12. The van der Waals surface area contributed by atoms with Gasteiger partial charge in [0.2, 0.25) is 0 Å². The number of hydrogen-bond donors (Lipinski definition) is 1. The van der Waals surface area contributed by atoms with Gasteiger partial charge in [-0.2, -0.15) is 0 Å². The molecule has 0 spiro atoms. The molecular weight excluding hydrogens is 220 g/mol. The average Bonchev–Trinajstić information content (AvgIpc) is 2.71. The fourth-order valence-electron chi connectivity index (χ4n) is 2.12. The minimum atomic E-state index is 0.424. The SMILES string of the molecule is CC(C)(C)CCNCCn1ccc2ccccc21. The van der Waals surface area contributed by atoms with E-state index < -0.39 is 0 Å². The third kappa shape index (κ3) is 3.61. The van der Waals surface area contributed by atoms with Gasteiger partial charge in [-0.25, -0.2) is 0 Å². The van der Waals surface area contributed by atoms with Crippen LogP contribution >= 0.6 is 0 Å². The van der Waals surface area contributed by atoms with Crippen molar-refractivity contribution >= 4 is 10.9 Å². The minimum Gasteiger partial charge on any atom is -0.346 e. The van der Waals surface area contributed by atoms with Crippen molar-refractivity contribution in [2.75, 3.05) is 13.1 Å². The molecule has 0 saturated carbocycles. The number of benzene rings is 1. The van der Waals surface area contributed by atoms with Gasteiger partial charge in [0.15, 0.2) is 0 Å². The molecule has 0 atom stereocenters. The van der Waals surface area contributed by atoms with Gasteiger partial charge in [0.05, 0.1) is 0 Å². The maximum atomic E-state index is 3.52. The predicted molar refractivity (Wildman–Crippen MR) is 78.9 cm³/mol. The molecule has 0 unspecified atom stereocenters. The molecule has 1 aromatic carbocycles. The van der Waals surface area contributed by atoms with Crippen LogP contribution in [-0.2, 0) is 6.54 Å². The van der Waals surface area contributed by atoms with E-state index in [1.54, 1.807) is 0 Å². The van der Waals surface area contributed by atoms with Crippen LogP contribution in [-0.4, -0.2) is 17.7 Å². The van der Waals surface area contributed by atoms with Gasteiger partial charge < -0.3 is 9.88 Å². The van der Waals surface area contributed by atoms with E-state index in [-0.39, 0.29) is 0 Å². The van der Waals surface area contributed by atoms with Gasteiger partial charge in [0.25, 0.3) is 0 Å². The van der Waals surface area contributed by atoms with E-state index in [1.165, 1.54) is 17.3 Å². The molecule has 0 aliphatic rings. The van der Waals surface area contributed by atoms with E-state index in [9.17, 15) is 0 Å². The van der Waals surface area contributed by atoms with Gasteiger partial charge in [-0.3, -0.25) is 0 Å². The van der Waals surface area contributed by atoms with E-state index in [1.807, 2.05) is 0 Å². The second kappa shape index (κ2) is 5.57. The van der Waals surface area contributed by atoms with Crippen LogP contribution in [0.2, 0.25) is 0 Å². The van der Waals surface area contributed by atoms with Crippen LogP contribution in [0.3, 0.4) is 0 Å². The maximum Gasteiger partial charge on any atom is 0.0480 e. The lowest BCUT2D eigenvalue weighted by molar-refractivity contribution is 0.365. The van der Waals surface area contributed by atoms with Crippen LogP contribution < -0.4 is 5.32 Å². The van der Waals surface area contributed by atoms with Crippen molar-refractivity contribution in [2.45, 2.75) is 33.7 Å². The van der Waals surface area contributed by atoms with E-state index in [2.05, 4.69) is 67.2 Å². The molecular formula is C16H24N2. The summed E-state index contributed by atoms with van der Waals surface area (Å²) < 4.78 is 2.32. The highest BCUT2D eigenvalue weighted by atomic mass is 15.0. The van der Waals surface area contributed by atoms with Gasteiger partial charge in [-0.15, -0.1) is 0 Å². The Bertz CT molecular complexity index is 491. The number of rotatable bonds is 5. The lowest BCUT2D eigenvalue weighted by atomic mass is 9.92. The lowest BCUT2D eigenvalue weighted by Gasteiger charge is -2.18. The summed E-state index contributed by atoms with van der Waals surface area (Å²) in [5.74, 6) is 0. The Morgan fingerprint density at radius 1 is 1.06 bits per heavy atom. The molecule has 2 aromatic rings. The van der Waals surface area contributed by atoms with Crippen LogP contribution in [0.1, 0.15) is 27.2 Å². The number of fused-ring (bicyclic) bond motifs is 1. The summed E-state index contributed by atoms with van der Waals surface area (Å²) in [4.78, 5) is 0. The number of para-hydroxylation sites is 1. The molecule has 1 N–H and O–H groups in total. The molecule has 0 bridgehead atoms. The molecule has 1 heterocycles. The highest BCUT2D eigenvalue weighted by Gasteiger charge is 2.08. The molecule has 0 amide bonds. The van der Waals surface area contributed by atoms with Crippen molar-refractivity contribution in [2.24, 2.45) is 5.41 Å². The normalized spacial score (nSPS) is 12.2. The molecule has 0 saturated heterocycles. The molecule has 0 aliphatic heterocycles. The number of aromatic nitrogens is 1. The van der Waals surface area contributed by atoms with Gasteiger partial charge in [-0.05, 0) is 35.9 Å². The lowest BCUT2D eigenvalue weighted by Crippen LogP contribution is -2.24. The fraction of sp³-hybridized carbons (Fsp3) is 0.500. The van der Waals surface area contributed by atoms with Gasteiger partial charge >= 0.3 is 0 Å². The Hall–Kier alpha value is -1.28. The first-order valence-corrected chi connectivity index (χ1v) is 6.81. The van der Waals surface area contributed by atoms with E-state index in [4.69, 9.17) is 0 Å². The van der Waals surface area contributed by atoms with Crippen molar-refractivity contribution < 1.29 is 0 Å². The Morgan fingerprint density at radius 3 is 2.61 bits per heavy atom. The summed E-state index contributed by atoms with van der Waals surface area (Å²) in [6.07, 6.45) is 3.40. The first-order valence-electron chi connectivity index (χ1n) is 6.81. The molecule has 2 nitrogen and oxygen atoms in total. The third-order valence-electron chi connectivity index (χ3n) is 3.26. The summed E-state index contributed by atoms with van der Waals surface area (Å²) in [6, 6.07) is 10.7. The monoisotopic (exact) mass is 244 g/mol. The molecule has 0 radical (unpaired) electrons. The first kappa shape index (κ1) is 13.2. The second-order valence-electron chi connectivity index (χ2n) is 6.13. The molecule has 0 fully saturated rings. The molecule has 2 rings (SSSR count). The molecule has 98 valence electrons. The van der Waals surface area contributed by atoms with Gasteiger partial charge in [0.1, 0.15) is 0 Å². The highest BCUT2D eigenvalue weighted by Crippen LogP contribution is 2.17. The third-order valence-corrected chi connectivity index (χ3v) is 3.26. The summed E-state index contributed by atoms with van der Waals surface area (Å²) in [6.45, 7) is 10.0. The average molecular weight is 244 g/mol. The Labute approximate surface area is 110 Å². The largest absolute Gasteiger partial charge is 0.346 e. The first-order chi connectivity index (χ1) is 8.56. The van der Waals surface area contributed by atoms with Crippen LogP contribution in [0.5, 0.6) is 0 Å². The van der Waals surface area contributed by atoms with E-state index in [0.29, 0.717) is 5.41 Å². The van der Waals surface area contributed by atoms with Crippen LogP contribution in [0.25, 0.3) is 10.9 Å². The van der Waals surface area contributed by atoms with E-state index in [0.717, 1.165) is 19.6 Å². The Morgan fingerprint density at radius 2 is 1.83 bits per heavy atom. The highest BCUT2D eigenvalue weighted by molar-refractivity contribution is 5.79. The summed E-state index contributed by atoms with van der Waals surface area (Å²) in [7, 11) is 0. The summed E-state index contributed by atoms with van der Waals surface area (Å²) in [5.41, 5.74) is 1.75. The Balaban J connectivity index is 1.80. The summed E-state index contributed by atoms with van der Waals surface area (Å²) in [5, 5.41) is 4.85. The summed E-state index contributed by atoms with van der Waals surface area (Å²) >= 11 is 0. The number of nitrogens with one attached hydrogen (secondary N) is 1. The second-order valence-corrected chi connectivity index (χ2v) is 6.13. The Kier molecular flexibility index (Phi) is 4.07. The minimum absolute atomic E-state index is 0.424. The molecule has 1 aromatic heterocycles. The maximum absolute atomic E-state index is 3.52. The predicted octanol–water partition coefficient (Wildman–Crippen LogP) is 3.67. The van der Waals surface area contributed by atoms with Crippen molar-refractivity contribution in [3.63, 3.8) is 0 Å². The van der Waals surface area contributed by atoms with Crippen molar-refractivity contribution in [1.82, 2.24) is 9.88 Å².